The standard InChI is InChI=1S/C11H18ClN3S/c1-4-15(5-2)6-7-16-11-9(3)10(12)13-8-14-11/h8H,4-7H2,1-3H3. The van der Waals surface area contributed by atoms with E-state index in [4.69, 9.17) is 11.6 Å². The minimum Gasteiger partial charge on any atom is -0.303 e. The first-order valence-electron chi connectivity index (χ1n) is 5.51. The van der Waals surface area contributed by atoms with Crippen molar-refractivity contribution in [3.8, 4) is 0 Å². The first kappa shape index (κ1) is 13.7. The monoisotopic (exact) mass is 259 g/mol. The van der Waals surface area contributed by atoms with E-state index < -0.39 is 0 Å². The Morgan fingerprint density at radius 2 is 2.00 bits per heavy atom. The smallest absolute Gasteiger partial charge is 0.136 e. The summed E-state index contributed by atoms with van der Waals surface area (Å²) in [5, 5.41) is 1.55. The molecule has 1 aromatic rings. The average molecular weight is 260 g/mol. The maximum atomic E-state index is 5.94. The predicted molar refractivity (Wildman–Crippen MR) is 70.3 cm³/mol. The van der Waals surface area contributed by atoms with Crippen LogP contribution in [-0.2, 0) is 0 Å². The highest BCUT2D eigenvalue weighted by Crippen LogP contribution is 2.23. The Labute approximate surface area is 107 Å². The lowest BCUT2D eigenvalue weighted by atomic mass is 10.4. The number of halogens is 1. The van der Waals surface area contributed by atoms with E-state index in [1.54, 1.807) is 11.8 Å². The van der Waals surface area contributed by atoms with Gasteiger partial charge in [0.2, 0.25) is 0 Å². The second kappa shape index (κ2) is 7.09. The van der Waals surface area contributed by atoms with E-state index in [1.165, 1.54) is 6.33 Å². The van der Waals surface area contributed by atoms with Gasteiger partial charge in [-0.3, -0.25) is 0 Å². The molecule has 1 rings (SSSR count). The summed E-state index contributed by atoms with van der Waals surface area (Å²) in [7, 11) is 0. The Bertz CT molecular complexity index is 329. The van der Waals surface area contributed by atoms with Crippen LogP contribution in [0.2, 0.25) is 5.15 Å². The highest BCUT2D eigenvalue weighted by atomic mass is 35.5. The number of hydrogen-bond donors (Lipinski definition) is 0. The van der Waals surface area contributed by atoms with Crippen molar-refractivity contribution >= 4 is 23.4 Å². The van der Waals surface area contributed by atoms with Crippen molar-refractivity contribution in [2.24, 2.45) is 0 Å². The van der Waals surface area contributed by atoms with Crippen molar-refractivity contribution in [2.45, 2.75) is 25.8 Å². The number of thioether (sulfide) groups is 1. The van der Waals surface area contributed by atoms with Crippen LogP contribution < -0.4 is 0 Å². The van der Waals surface area contributed by atoms with Gasteiger partial charge in [-0.15, -0.1) is 11.8 Å². The molecule has 0 saturated carbocycles. The summed E-state index contributed by atoms with van der Waals surface area (Å²) in [6, 6.07) is 0. The van der Waals surface area contributed by atoms with Gasteiger partial charge in [0, 0.05) is 17.9 Å². The summed E-state index contributed by atoms with van der Waals surface area (Å²) in [5.74, 6) is 1.04. The van der Waals surface area contributed by atoms with Gasteiger partial charge in [0.1, 0.15) is 16.5 Å². The number of rotatable bonds is 6. The maximum Gasteiger partial charge on any atom is 0.136 e. The van der Waals surface area contributed by atoms with E-state index in [0.717, 1.165) is 36.0 Å². The first-order valence-corrected chi connectivity index (χ1v) is 6.87. The average Bonchev–Trinajstić information content (AvgIpc) is 2.30. The zero-order valence-electron chi connectivity index (χ0n) is 10.0. The zero-order chi connectivity index (χ0) is 12.0. The number of hydrogen-bond acceptors (Lipinski definition) is 4. The van der Waals surface area contributed by atoms with E-state index >= 15 is 0 Å². The Morgan fingerprint density at radius 3 is 2.62 bits per heavy atom. The third kappa shape index (κ3) is 3.92. The third-order valence-electron chi connectivity index (χ3n) is 2.52. The highest BCUT2D eigenvalue weighted by molar-refractivity contribution is 7.99. The quantitative estimate of drug-likeness (QED) is 0.580. The fourth-order valence-corrected chi connectivity index (χ4v) is 2.54. The molecule has 1 heterocycles. The van der Waals surface area contributed by atoms with E-state index in [2.05, 4.69) is 28.7 Å². The Hall–Kier alpha value is -0.320. The van der Waals surface area contributed by atoms with Crippen LogP contribution in [0.25, 0.3) is 0 Å². The topological polar surface area (TPSA) is 29.0 Å². The highest BCUT2D eigenvalue weighted by Gasteiger charge is 2.06. The molecule has 1 aromatic heterocycles. The van der Waals surface area contributed by atoms with Crippen LogP contribution in [0.3, 0.4) is 0 Å². The van der Waals surface area contributed by atoms with Gasteiger partial charge in [-0.05, 0) is 20.0 Å². The normalized spacial score (nSPS) is 11.1. The van der Waals surface area contributed by atoms with Crippen LogP contribution in [0.5, 0.6) is 0 Å². The summed E-state index contributed by atoms with van der Waals surface area (Å²) in [6.07, 6.45) is 1.52. The van der Waals surface area contributed by atoms with Gasteiger partial charge in [-0.1, -0.05) is 25.4 Å². The maximum absolute atomic E-state index is 5.94. The lowest BCUT2D eigenvalue weighted by molar-refractivity contribution is 0.324. The summed E-state index contributed by atoms with van der Waals surface area (Å²) < 4.78 is 0. The van der Waals surface area contributed by atoms with Gasteiger partial charge in [-0.2, -0.15) is 0 Å². The van der Waals surface area contributed by atoms with Crippen molar-refractivity contribution in [2.75, 3.05) is 25.4 Å². The van der Waals surface area contributed by atoms with Crippen molar-refractivity contribution in [3.63, 3.8) is 0 Å². The van der Waals surface area contributed by atoms with Gasteiger partial charge < -0.3 is 4.90 Å². The van der Waals surface area contributed by atoms with Crippen LogP contribution in [0.4, 0.5) is 0 Å². The molecule has 16 heavy (non-hydrogen) atoms. The van der Waals surface area contributed by atoms with Crippen molar-refractivity contribution in [1.29, 1.82) is 0 Å². The van der Waals surface area contributed by atoms with Gasteiger partial charge in [0.05, 0.1) is 0 Å². The van der Waals surface area contributed by atoms with E-state index in [9.17, 15) is 0 Å². The molecule has 0 radical (unpaired) electrons. The van der Waals surface area contributed by atoms with Crippen LogP contribution in [-0.4, -0.2) is 40.3 Å². The van der Waals surface area contributed by atoms with E-state index in [0.29, 0.717) is 5.15 Å². The molecule has 90 valence electrons. The second-order valence-electron chi connectivity index (χ2n) is 3.47. The van der Waals surface area contributed by atoms with E-state index in [1.807, 2.05) is 6.92 Å². The summed E-state index contributed by atoms with van der Waals surface area (Å²) in [5.41, 5.74) is 0.980. The van der Waals surface area contributed by atoms with Gasteiger partial charge in [-0.25, -0.2) is 9.97 Å². The molecule has 0 aliphatic rings. The molecule has 0 unspecified atom stereocenters. The molecule has 0 fully saturated rings. The fraction of sp³-hybridized carbons (Fsp3) is 0.636. The molecule has 0 aliphatic heterocycles. The van der Waals surface area contributed by atoms with Gasteiger partial charge in [0.25, 0.3) is 0 Å². The lowest BCUT2D eigenvalue weighted by Gasteiger charge is -2.17. The SMILES string of the molecule is CCN(CC)CCSc1ncnc(Cl)c1C. The second-order valence-corrected chi connectivity index (χ2v) is 4.91. The molecular weight excluding hydrogens is 242 g/mol. The minimum absolute atomic E-state index is 0.556. The van der Waals surface area contributed by atoms with Crippen molar-refractivity contribution in [1.82, 2.24) is 14.9 Å². The van der Waals surface area contributed by atoms with Crippen molar-refractivity contribution < 1.29 is 0 Å². The summed E-state index contributed by atoms with van der Waals surface area (Å²) in [4.78, 5) is 10.6. The minimum atomic E-state index is 0.556. The third-order valence-corrected chi connectivity index (χ3v) is 3.97. The van der Waals surface area contributed by atoms with Gasteiger partial charge >= 0.3 is 0 Å². The summed E-state index contributed by atoms with van der Waals surface area (Å²) in [6.45, 7) is 9.60. The molecule has 0 aromatic carbocycles. The van der Waals surface area contributed by atoms with Gasteiger partial charge in [0.15, 0.2) is 0 Å². The Balaban J connectivity index is 2.46. The molecule has 0 spiro atoms. The molecule has 0 atom stereocenters. The molecular formula is C11H18ClN3S. The lowest BCUT2D eigenvalue weighted by Crippen LogP contribution is -2.25. The van der Waals surface area contributed by atoms with Crippen molar-refractivity contribution in [3.05, 3.63) is 17.0 Å². The molecule has 5 heteroatoms. The fourth-order valence-electron chi connectivity index (χ4n) is 1.37. The van der Waals surface area contributed by atoms with Crippen LogP contribution >= 0.6 is 23.4 Å². The number of aromatic nitrogens is 2. The largest absolute Gasteiger partial charge is 0.303 e. The Kier molecular flexibility index (Phi) is 6.09. The molecule has 0 amide bonds. The molecule has 0 bridgehead atoms. The number of nitrogens with zero attached hydrogens (tertiary/aromatic N) is 3. The zero-order valence-corrected chi connectivity index (χ0v) is 11.6. The Morgan fingerprint density at radius 1 is 1.31 bits per heavy atom. The van der Waals surface area contributed by atoms with E-state index in [-0.39, 0.29) is 0 Å². The molecule has 0 aliphatic carbocycles. The first-order chi connectivity index (χ1) is 7.69. The molecule has 0 saturated heterocycles. The summed E-state index contributed by atoms with van der Waals surface area (Å²) >= 11 is 7.68. The molecule has 3 nitrogen and oxygen atoms in total. The predicted octanol–water partition coefficient (Wildman–Crippen LogP) is 2.87. The van der Waals surface area contributed by atoms with Crippen LogP contribution in [0.1, 0.15) is 19.4 Å². The van der Waals surface area contributed by atoms with Crippen LogP contribution in [0, 0.1) is 6.92 Å². The van der Waals surface area contributed by atoms with Crippen LogP contribution in [0.15, 0.2) is 11.4 Å². The molecule has 0 N–H and O–H groups in total.